The van der Waals surface area contributed by atoms with E-state index in [1.165, 1.54) is 4.70 Å². The van der Waals surface area contributed by atoms with E-state index in [9.17, 15) is 5.11 Å². The van der Waals surface area contributed by atoms with Crippen LogP contribution in [0.3, 0.4) is 0 Å². The SMILES string of the molecule is CN=C(NCCCOCCOC)NCC(O)c1cc2ccccc2s1. The van der Waals surface area contributed by atoms with Crippen molar-refractivity contribution in [1.29, 1.82) is 0 Å². The fourth-order valence-electron chi connectivity index (χ4n) is 2.31. The van der Waals surface area contributed by atoms with Crippen LogP contribution in [0.4, 0.5) is 0 Å². The first-order chi connectivity index (χ1) is 12.2. The van der Waals surface area contributed by atoms with Crippen LogP contribution >= 0.6 is 11.3 Å². The first-order valence-corrected chi connectivity index (χ1v) is 9.24. The fraction of sp³-hybridized carbons (Fsp3) is 0.500. The Kier molecular flexibility index (Phi) is 8.68. The van der Waals surface area contributed by atoms with Crippen molar-refractivity contribution in [1.82, 2.24) is 10.6 Å². The number of nitrogens with one attached hydrogen (secondary N) is 2. The maximum Gasteiger partial charge on any atom is 0.191 e. The van der Waals surface area contributed by atoms with Crippen LogP contribution in [0.25, 0.3) is 10.1 Å². The molecule has 1 aromatic carbocycles. The minimum Gasteiger partial charge on any atom is -0.386 e. The van der Waals surface area contributed by atoms with Gasteiger partial charge in [0, 0.05) is 43.4 Å². The number of hydrogen-bond donors (Lipinski definition) is 3. The third kappa shape index (κ3) is 6.62. The van der Waals surface area contributed by atoms with Gasteiger partial charge in [0.25, 0.3) is 0 Å². The molecule has 0 aliphatic heterocycles. The molecule has 1 aromatic heterocycles. The van der Waals surface area contributed by atoms with Crippen LogP contribution in [-0.2, 0) is 9.47 Å². The van der Waals surface area contributed by atoms with Crippen LogP contribution in [0.5, 0.6) is 0 Å². The van der Waals surface area contributed by atoms with Crippen LogP contribution in [0, 0.1) is 0 Å². The van der Waals surface area contributed by atoms with Crippen molar-refractivity contribution in [3.63, 3.8) is 0 Å². The van der Waals surface area contributed by atoms with Crippen molar-refractivity contribution in [3.05, 3.63) is 35.2 Å². The van der Waals surface area contributed by atoms with E-state index in [2.05, 4.69) is 27.8 Å². The molecule has 0 saturated heterocycles. The van der Waals surface area contributed by atoms with Gasteiger partial charge in [-0.3, -0.25) is 4.99 Å². The Labute approximate surface area is 152 Å². The smallest absolute Gasteiger partial charge is 0.191 e. The molecule has 0 fully saturated rings. The lowest BCUT2D eigenvalue weighted by atomic mass is 10.2. The molecule has 0 saturated carbocycles. The molecule has 0 amide bonds. The number of guanidine groups is 1. The molecular formula is C18H27N3O3S. The van der Waals surface area contributed by atoms with Gasteiger partial charge >= 0.3 is 0 Å². The average molecular weight is 365 g/mol. The van der Waals surface area contributed by atoms with E-state index >= 15 is 0 Å². The molecule has 2 aromatic rings. The maximum atomic E-state index is 10.4. The molecule has 0 radical (unpaired) electrons. The summed E-state index contributed by atoms with van der Waals surface area (Å²) in [5.74, 6) is 0.678. The Morgan fingerprint density at radius 3 is 2.84 bits per heavy atom. The lowest BCUT2D eigenvalue weighted by molar-refractivity contribution is 0.0698. The molecule has 1 unspecified atom stereocenters. The van der Waals surface area contributed by atoms with Gasteiger partial charge in [-0.15, -0.1) is 11.3 Å². The number of fused-ring (bicyclic) bond motifs is 1. The largest absolute Gasteiger partial charge is 0.386 e. The Hall–Kier alpha value is -1.67. The normalized spacial score (nSPS) is 13.2. The number of ether oxygens (including phenoxy) is 2. The lowest BCUT2D eigenvalue weighted by Crippen LogP contribution is -2.39. The highest BCUT2D eigenvalue weighted by molar-refractivity contribution is 7.19. The van der Waals surface area contributed by atoms with Gasteiger partial charge in [0.1, 0.15) is 6.10 Å². The van der Waals surface area contributed by atoms with Gasteiger partial charge in [-0.1, -0.05) is 18.2 Å². The van der Waals surface area contributed by atoms with E-state index in [1.807, 2.05) is 18.2 Å². The second-order valence-corrected chi connectivity index (χ2v) is 6.66. The number of thiophene rings is 1. The summed E-state index contributed by atoms with van der Waals surface area (Å²) in [6.07, 6.45) is 0.317. The van der Waals surface area contributed by atoms with E-state index in [-0.39, 0.29) is 0 Å². The van der Waals surface area contributed by atoms with E-state index in [0.29, 0.717) is 32.3 Å². The second kappa shape index (κ2) is 11.0. The number of benzene rings is 1. The lowest BCUT2D eigenvalue weighted by Gasteiger charge is -2.14. The summed E-state index contributed by atoms with van der Waals surface area (Å²) in [6.45, 7) is 3.08. The van der Waals surface area contributed by atoms with Crippen LogP contribution < -0.4 is 10.6 Å². The highest BCUT2D eigenvalue weighted by Gasteiger charge is 2.12. The number of aliphatic hydroxyl groups excluding tert-OH is 1. The number of methoxy groups -OCH3 is 1. The predicted octanol–water partition coefficient (Wildman–Crippen LogP) is 2.15. The summed E-state index contributed by atoms with van der Waals surface area (Å²) in [5.41, 5.74) is 0. The zero-order valence-electron chi connectivity index (χ0n) is 14.8. The summed E-state index contributed by atoms with van der Waals surface area (Å²) in [5, 5.41) is 17.9. The Bertz CT molecular complexity index is 627. The Morgan fingerprint density at radius 2 is 2.08 bits per heavy atom. The molecular weight excluding hydrogens is 338 g/mol. The van der Waals surface area contributed by atoms with Gasteiger partial charge in [0.05, 0.1) is 13.2 Å². The van der Waals surface area contributed by atoms with Gasteiger partial charge in [-0.2, -0.15) is 0 Å². The molecule has 6 nitrogen and oxygen atoms in total. The van der Waals surface area contributed by atoms with Crippen molar-refractivity contribution in [2.75, 3.05) is 47.1 Å². The molecule has 0 spiro atoms. The van der Waals surface area contributed by atoms with Crippen LogP contribution in [0.2, 0.25) is 0 Å². The quantitative estimate of drug-likeness (QED) is 0.342. The second-order valence-electron chi connectivity index (χ2n) is 5.54. The first-order valence-electron chi connectivity index (χ1n) is 8.42. The molecule has 0 bridgehead atoms. The molecule has 3 N–H and O–H groups in total. The van der Waals surface area contributed by atoms with Crippen molar-refractivity contribution in [2.45, 2.75) is 12.5 Å². The van der Waals surface area contributed by atoms with Gasteiger partial charge in [-0.05, 0) is 23.9 Å². The van der Waals surface area contributed by atoms with Crippen molar-refractivity contribution in [3.8, 4) is 0 Å². The first kappa shape index (κ1) is 19.7. The molecule has 0 aliphatic carbocycles. The molecule has 2 rings (SSSR count). The van der Waals surface area contributed by atoms with Gasteiger partial charge in [0.2, 0.25) is 0 Å². The monoisotopic (exact) mass is 365 g/mol. The highest BCUT2D eigenvalue weighted by atomic mass is 32.1. The number of nitrogens with zero attached hydrogens (tertiary/aromatic N) is 1. The van der Waals surface area contributed by atoms with Crippen molar-refractivity contribution < 1.29 is 14.6 Å². The predicted molar refractivity (Wildman–Crippen MR) is 103 cm³/mol. The summed E-state index contributed by atoms with van der Waals surface area (Å²) in [7, 11) is 3.38. The summed E-state index contributed by atoms with van der Waals surface area (Å²) >= 11 is 1.62. The third-order valence-electron chi connectivity index (χ3n) is 3.65. The molecule has 1 atom stereocenters. The average Bonchev–Trinajstić information content (AvgIpc) is 3.07. The molecule has 7 heteroatoms. The zero-order valence-corrected chi connectivity index (χ0v) is 15.6. The third-order valence-corrected chi connectivity index (χ3v) is 4.87. The fourth-order valence-corrected chi connectivity index (χ4v) is 3.36. The summed E-state index contributed by atoms with van der Waals surface area (Å²) in [4.78, 5) is 5.12. The van der Waals surface area contributed by atoms with Crippen LogP contribution in [-0.4, -0.2) is 58.1 Å². The van der Waals surface area contributed by atoms with Gasteiger partial charge in [0.15, 0.2) is 5.96 Å². The topological polar surface area (TPSA) is 75.1 Å². The maximum absolute atomic E-state index is 10.4. The minimum absolute atomic E-state index is 0.414. The number of aliphatic hydroxyl groups is 1. The summed E-state index contributed by atoms with van der Waals surface area (Å²) in [6, 6.07) is 10.2. The van der Waals surface area contributed by atoms with Crippen LogP contribution in [0.1, 0.15) is 17.4 Å². The number of hydrogen-bond acceptors (Lipinski definition) is 5. The number of aliphatic imine (C=N–C) groups is 1. The summed E-state index contributed by atoms with van der Waals surface area (Å²) < 4.78 is 11.5. The van der Waals surface area contributed by atoms with Crippen LogP contribution in [0.15, 0.2) is 35.3 Å². The van der Waals surface area contributed by atoms with E-state index < -0.39 is 6.10 Å². The highest BCUT2D eigenvalue weighted by Crippen LogP contribution is 2.29. The Balaban J connectivity index is 1.69. The zero-order chi connectivity index (χ0) is 17.9. The van der Waals surface area contributed by atoms with E-state index in [0.717, 1.165) is 23.2 Å². The number of rotatable bonds is 10. The molecule has 138 valence electrons. The van der Waals surface area contributed by atoms with Gasteiger partial charge in [-0.25, -0.2) is 0 Å². The molecule has 0 aliphatic rings. The molecule has 1 heterocycles. The minimum atomic E-state index is -0.562. The van der Waals surface area contributed by atoms with Crippen molar-refractivity contribution in [2.24, 2.45) is 4.99 Å². The van der Waals surface area contributed by atoms with E-state index in [4.69, 9.17) is 9.47 Å². The van der Waals surface area contributed by atoms with Crippen molar-refractivity contribution >= 4 is 27.4 Å². The molecule has 25 heavy (non-hydrogen) atoms. The van der Waals surface area contributed by atoms with Gasteiger partial charge < -0.3 is 25.2 Å². The Morgan fingerprint density at radius 1 is 1.24 bits per heavy atom. The standard InChI is InChI=1S/C18H27N3O3S/c1-19-18(20-8-5-9-24-11-10-23-2)21-13-15(22)17-12-14-6-3-4-7-16(14)25-17/h3-4,6-7,12,15,22H,5,8-11,13H2,1-2H3,(H2,19,20,21). The van der Waals surface area contributed by atoms with E-state index in [1.54, 1.807) is 25.5 Å².